The van der Waals surface area contributed by atoms with Crippen LogP contribution in [0.3, 0.4) is 0 Å². The smallest absolute Gasteiger partial charge is 0.217 e. The molecule has 0 saturated carbocycles. The van der Waals surface area contributed by atoms with E-state index in [9.17, 15) is 0 Å². The van der Waals surface area contributed by atoms with E-state index in [4.69, 9.17) is 4.74 Å². The van der Waals surface area contributed by atoms with Gasteiger partial charge < -0.3 is 4.74 Å². The highest BCUT2D eigenvalue weighted by Crippen LogP contribution is 2.41. The summed E-state index contributed by atoms with van der Waals surface area (Å²) in [6.07, 6.45) is 6.67. The number of ether oxygens (including phenoxy) is 1. The van der Waals surface area contributed by atoms with Gasteiger partial charge in [0.25, 0.3) is 0 Å². The van der Waals surface area contributed by atoms with E-state index in [0.717, 1.165) is 37.3 Å². The SMILES string of the molecule is CC1=CC[C@]2(CC1)Cc1ccc(C)nc1O2. The lowest BCUT2D eigenvalue weighted by Gasteiger charge is -2.31. The molecule has 2 nitrogen and oxygen atoms in total. The van der Waals surface area contributed by atoms with Crippen LogP contribution in [-0.2, 0) is 6.42 Å². The molecule has 3 rings (SSSR count). The predicted octanol–water partition coefficient (Wildman–Crippen LogP) is 3.19. The van der Waals surface area contributed by atoms with Crippen molar-refractivity contribution in [2.24, 2.45) is 0 Å². The number of aromatic nitrogens is 1. The molecule has 1 aliphatic carbocycles. The summed E-state index contributed by atoms with van der Waals surface area (Å²) in [5.74, 6) is 0.868. The van der Waals surface area contributed by atoms with Crippen LogP contribution in [0.2, 0.25) is 0 Å². The van der Waals surface area contributed by atoms with Crippen molar-refractivity contribution in [3.63, 3.8) is 0 Å². The first-order valence-electron chi connectivity index (χ1n) is 5.98. The van der Waals surface area contributed by atoms with Gasteiger partial charge in [-0.3, -0.25) is 0 Å². The van der Waals surface area contributed by atoms with Gasteiger partial charge in [0.15, 0.2) is 0 Å². The van der Waals surface area contributed by atoms with Crippen molar-refractivity contribution >= 4 is 0 Å². The first-order valence-corrected chi connectivity index (χ1v) is 5.98. The van der Waals surface area contributed by atoms with Gasteiger partial charge >= 0.3 is 0 Å². The van der Waals surface area contributed by atoms with Gasteiger partial charge in [-0.2, -0.15) is 0 Å². The minimum atomic E-state index is 0.0165. The third kappa shape index (κ3) is 1.53. The molecule has 0 unspecified atom stereocenters. The number of nitrogens with zero attached hydrogens (tertiary/aromatic N) is 1. The molecule has 0 saturated heterocycles. The van der Waals surface area contributed by atoms with Crippen LogP contribution in [0.15, 0.2) is 23.8 Å². The van der Waals surface area contributed by atoms with E-state index in [2.05, 4.69) is 30.1 Å². The van der Waals surface area contributed by atoms with E-state index in [0.29, 0.717) is 0 Å². The van der Waals surface area contributed by atoms with Gasteiger partial charge in [-0.1, -0.05) is 17.7 Å². The van der Waals surface area contributed by atoms with Gasteiger partial charge in [-0.05, 0) is 32.8 Å². The normalized spacial score (nSPS) is 27.5. The lowest BCUT2D eigenvalue weighted by molar-refractivity contribution is 0.0783. The quantitative estimate of drug-likeness (QED) is 0.620. The van der Waals surface area contributed by atoms with Crippen LogP contribution >= 0.6 is 0 Å². The van der Waals surface area contributed by atoms with Crippen molar-refractivity contribution in [3.8, 4) is 5.88 Å². The third-order valence-electron chi connectivity index (χ3n) is 3.70. The zero-order valence-electron chi connectivity index (χ0n) is 9.92. The fraction of sp³-hybridized carbons (Fsp3) is 0.500. The van der Waals surface area contributed by atoms with E-state index in [1.165, 1.54) is 11.1 Å². The predicted molar refractivity (Wildman–Crippen MR) is 63.6 cm³/mol. The van der Waals surface area contributed by atoms with Crippen LogP contribution in [0.1, 0.15) is 37.4 Å². The highest BCUT2D eigenvalue weighted by atomic mass is 16.5. The van der Waals surface area contributed by atoms with E-state index in [1.54, 1.807) is 0 Å². The first kappa shape index (κ1) is 9.88. The Balaban J connectivity index is 1.90. The molecule has 0 radical (unpaired) electrons. The Labute approximate surface area is 96.3 Å². The van der Waals surface area contributed by atoms with Crippen molar-refractivity contribution in [1.29, 1.82) is 0 Å². The van der Waals surface area contributed by atoms with Crippen LogP contribution in [-0.4, -0.2) is 10.6 Å². The Morgan fingerprint density at radius 1 is 1.31 bits per heavy atom. The number of hydrogen-bond donors (Lipinski definition) is 0. The monoisotopic (exact) mass is 215 g/mol. The molecule has 0 bridgehead atoms. The number of rotatable bonds is 0. The minimum Gasteiger partial charge on any atom is -0.470 e. The van der Waals surface area contributed by atoms with Crippen molar-refractivity contribution in [2.45, 2.75) is 45.1 Å². The minimum absolute atomic E-state index is 0.0165. The molecule has 0 aromatic carbocycles. The van der Waals surface area contributed by atoms with Crippen LogP contribution < -0.4 is 4.74 Å². The van der Waals surface area contributed by atoms with Crippen molar-refractivity contribution in [2.75, 3.05) is 0 Å². The Kier molecular flexibility index (Phi) is 2.06. The molecule has 1 aliphatic heterocycles. The number of fused-ring (bicyclic) bond motifs is 1. The Hall–Kier alpha value is -1.31. The molecular formula is C14H17NO. The number of pyridine rings is 1. The van der Waals surface area contributed by atoms with Gasteiger partial charge in [-0.25, -0.2) is 4.98 Å². The molecule has 0 N–H and O–H groups in total. The Morgan fingerprint density at radius 2 is 2.19 bits per heavy atom. The summed E-state index contributed by atoms with van der Waals surface area (Å²) < 4.78 is 6.11. The van der Waals surface area contributed by atoms with E-state index >= 15 is 0 Å². The van der Waals surface area contributed by atoms with Crippen LogP contribution in [0, 0.1) is 6.92 Å². The molecule has 0 amide bonds. The molecule has 84 valence electrons. The number of hydrogen-bond acceptors (Lipinski definition) is 2. The van der Waals surface area contributed by atoms with E-state index in [-0.39, 0.29) is 5.60 Å². The molecule has 1 aromatic heterocycles. The van der Waals surface area contributed by atoms with Gasteiger partial charge in [-0.15, -0.1) is 0 Å². The van der Waals surface area contributed by atoms with Gasteiger partial charge in [0.1, 0.15) is 5.60 Å². The van der Waals surface area contributed by atoms with E-state index < -0.39 is 0 Å². The summed E-state index contributed by atoms with van der Waals surface area (Å²) in [5.41, 5.74) is 3.83. The number of aryl methyl sites for hydroxylation is 1. The highest BCUT2D eigenvalue weighted by molar-refractivity contribution is 5.35. The Morgan fingerprint density at radius 3 is 2.94 bits per heavy atom. The molecule has 1 spiro atoms. The summed E-state index contributed by atoms with van der Waals surface area (Å²) in [6.45, 7) is 4.22. The molecule has 1 atom stereocenters. The first-order chi connectivity index (χ1) is 7.67. The molecule has 0 fully saturated rings. The largest absolute Gasteiger partial charge is 0.470 e. The average molecular weight is 215 g/mol. The standard InChI is InChI=1S/C14H17NO/c1-10-5-7-14(8-6-10)9-12-4-3-11(2)15-13(12)16-14/h3-5H,6-9H2,1-2H3/t14-/m0/s1. The summed E-state index contributed by atoms with van der Waals surface area (Å²) in [6, 6.07) is 4.24. The third-order valence-corrected chi connectivity index (χ3v) is 3.70. The van der Waals surface area contributed by atoms with Gasteiger partial charge in [0.2, 0.25) is 5.88 Å². The van der Waals surface area contributed by atoms with Crippen LogP contribution in [0.25, 0.3) is 0 Å². The van der Waals surface area contributed by atoms with E-state index in [1.807, 2.05) is 6.92 Å². The molecule has 2 aliphatic rings. The Bertz CT molecular complexity index is 464. The van der Waals surface area contributed by atoms with Crippen LogP contribution in [0.4, 0.5) is 0 Å². The molecule has 1 aromatic rings. The van der Waals surface area contributed by atoms with Crippen molar-refractivity contribution < 1.29 is 4.74 Å². The fourth-order valence-electron chi connectivity index (χ4n) is 2.62. The molecule has 2 heterocycles. The molecule has 2 heteroatoms. The van der Waals surface area contributed by atoms with Crippen molar-refractivity contribution in [1.82, 2.24) is 4.98 Å². The molecule has 16 heavy (non-hydrogen) atoms. The lowest BCUT2D eigenvalue weighted by atomic mass is 9.83. The van der Waals surface area contributed by atoms with Gasteiger partial charge in [0.05, 0.1) is 0 Å². The maximum Gasteiger partial charge on any atom is 0.217 e. The topological polar surface area (TPSA) is 22.1 Å². The van der Waals surface area contributed by atoms with Crippen LogP contribution in [0.5, 0.6) is 5.88 Å². The summed E-state index contributed by atoms with van der Waals surface area (Å²) in [7, 11) is 0. The molecular weight excluding hydrogens is 198 g/mol. The zero-order valence-corrected chi connectivity index (χ0v) is 9.92. The fourth-order valence-corrected chi connectivity index (χ4v) is 2.62. The van der Waals surface area contributed by atoms with Crippen molar-refractivity contribution in [3.05, 3.63) is 35.0 Å². The lowest BCUT2D eigenvalue weighted by Crippen LogP contribution is -2.35. The summed E-state index contributed by atoms with van der Waals surface area (Å²) >= 11 is 0. The number of allylic oxidation sites excluding steroid dienone is 1. The second kappa shape index (κ2) is 3.34. The zero-order chi connectivity index (χ0) is 11.2. The van der Waals surface area contributed by atoms with Gasteiger partial charge in [0, 0.05) is 24.1 Å². The summed E-state index contributed by atoms with van der Waals surface area (Å²) in [5, 5.41) is 0. The maximum atomic E-state index is 6.11. The highest BCUT2D eigenvalue weighted by Gasteiger charge is 2.40. The summed E-state index contributed by atoms with van der Waals surface area (Å²) in [4.78, 5) is 4.48. The average Bonchev–Trinajstić information content (AvgIpc) is 2.60. The second-order valence-electron chi connectivity index (χ2n) is 5.13. The maximum absolute atomic E-state index is 6.11. The second-order valence-corrected chi connectivity index (χ2v) is 5.13.